The van der Waals surface area contributed by atoms with E-state index in [2.05, 4.69) is 14.5 Å². The molecule has 0 bridgehead atoms. The quantitative estimate of drug-likeness (QED) is 0.453. The van der Waals surface area contributed by atoms with Crippen LogP contribution in [-0.4, -0.2) is 48.5 Å². The molecule has 1 rings (SSSR count). The summed E-state index contributed by atoms with van der Waals surface area (Å²) in [7, 11) is 0. The molecule has 0 aliphatic carbocycles. The van der Waals surface area contributed by atoms with Crippen molar-refractivity contribution in [2.24, 2.45) is 0 Å². The summed E-state index contributed by atoms with van der Waals surface area (Å²) in [5.74, 6) is 0. The molecule has 6 heavy (non-hydrogen) atoms. The molecule has 1 aliphatic rings. The molecule has 1 aliphatic heterocycles. The van der Waals surface area contributed by atoms with Crippen molar-refractivity contribution in [3.8, 4) is 0 Å². The standard InChI is InChI=1S/2C2H2.2Pb/c2*1-2;;/h2*1-2H;;. The predicted octanol–water partition coefficient (Wildman–Crippen LogP) is 0.351. The Labute approximate surface area is 62.1 Å². The van der Waals surface area contributed by atoms with Crippen molar-refractivity contribution < 1.29 is 0 Å². The van der Waals surface area contributed by atoms with Crippen LogP contribution in [-0.2, 0) is 0 Å². The molecule has 0 N–H and O–H groups in total. The van der Waals surface area contributed by atoms with Gasteiger partial charge in [-0.15, -0.1) is 0 Å². The molecule has 1 heterocycles. The van der Waals surface area contributed by atoms with Gasteiger partial charge in [-0.05, 0) is 0 Å². The van der Waals surface area contributed by atoms with Gasteiger partial charge < -0.3 is 0 Å². The molecule has 0 aromatic heterocycles. The van der Waals surface area contributed by atoms with Crippen molar-refractivity contribution in [2.75, 3.05) is 0 Å². The Balaban J connectivity index is 2.40. The summed E-state index contributed by atoms with van der Waals surface area (Å²) in [6.07, 6.45) is 0. The average Bonchev–Trinajstić information content (AvgIpc) is 1.72. The first-order chi connectivity index (χ1) is 3.00. The maximum absolute atomic E-state index is 2.46. The normalized spacial score (nSPS) is 18.7. The molecule has 0 atom stereocenters. The van der Waals surface area contributed by atoms with Crippen LogP contribution in [0.3, 0.4) is 0 Å². The number of hydrogen-bond acceptors (Lipinski definition) is 0. The van der Waals surface area contributed by atoms with Crippen LogP contribution in [0.25, 0.3) is 0 Å². The van der Waals surface area contributed by atoms with Crippen molar-refractivity contribution in [1.29, 1.82) is 0 Å². The third-order valence-corrected chi connectivity index (χ3v) is 16.2. The minimum absolute atomic E-state index is 0.201. The van der Waals surface area contributed by atoms with Crippen LogP contribution < -0.4 is 0 Å². The summed E-state index contributed by atoms with van der Waals surface area (Å²) in [4.78, 5) is 0. The number of rotatable bonds is 0. The van der Waals surface area contributed by atoms with Gasteiger partial charge >= 0.3 is 63.0 Å². The monoisotopic (exact) mass is 468 g/mol. The third-order valence-electron chi connectivity index (χ3n) is 0.552. The van der Waals surface area contributed by atoms with Crippen molar-refractivity contribution in [3.05, 3.63) is 14.5 Å². The van der Waals surface area contributed by atoms with Gasteiger partial charge in [-0.3, -0.25) is 0 Å². The van der Waals surface area contributed by atoms with E-state index in [1.807, 2.05) is 0 Å². The molecular weight excluding hydrogens is 462 g/mol. The first-order valence-electron chi connectivity index (χ1n) is 1.82. The van der Waals surface area contributed by atoms with Crippen molar-refractivity contribution >= 4 is 48.5 Å². The summed E-state index contributed by atoms with van der Waals surface area (Å²) < 4.78 is 9.85. The van der Waals surface area contributed by atoms with Crippen LogP contribution in [0, 0.1) is 0 Å². The van der Waals surface area contributed by atoms with E-state index in [0.29, 0.717) is 0 Å². The molecule has 28 valence electrons. The third kappa shape index (κ3) is 1.86. The van der Waals surface area contributed by atoms with Crippen molar-refractivity contribution in [3.63, 3.8) is 0 Å². The zero-order valence-corrected chi connectivity index (χ0v) is 11.1. The van der Waals surface area contributed by atoms with E-state index < -0.39 is 0 Å². The Morgan fingerprint density at radius 1 is 0.667 bits per heavy atom. The summed E-state index contributed by atoms with van der Waals surface area (Å²) in [6, 6.07) is 0. The Kier molecular flexibility index (Phi) is 3.04. The fourth-order valence-electron chi connectivity index (χ4n) is 0.304. The molecule has 0 amide bonds. The summed E-state index contributed by atoms with van der Waals surface area (Å²) >= 11 is -0.401. The van der Waals surface area contributed by atoms with Gasteiger partial charge in [0.15, 0.2) is 0 Å². The van der Waals surface area contributed by atoms with E-state index in [4.69, 9.17) is 0 Å². The van der Waals surface area contributed by atoms with Gasteiger partial charge in [0, 0.05) is 0 Å². The molecule has 2 heteroatoms. The van der Waals surface area contributed by atoms with Gasteiger partial charge in [-0.1, -0.05) is 0 Å². The van der Waals surface area contributed by atoms with E-state index in [-0.39, 0.29) is 48.5 Å². The topological polar surface area (TPSA) is 0 Å². The predicted molar refractivity (Wildman–Crippen MR) is 29.8 cm³/mol. The fraction of sp³-hybridized carbons (Fsp3) is 0. The van der Waals surface area contributed by atoms with Crippen LogP contribution >= 0.6 is 0 Å². The van der Waals surface area contributed by atoms with E-state index in [1.54, 1.807) is 0 Å². The molecule has 0 aromatic carbocycles. The van der Waals surface area contributed by atoms with Crippen molar-refractivity contribution in [1.82, 2.24) is 0 Å². The van der Waals surface area contributed by atoms with Crippen LogP contribution in [0.5, 0.6) is 0 Å². The van der Waals surface area contributed by atoms with Gasteiger partial charge in [0.05, 0.1) is 0 Å². The zero-order valence-electron chi connectivity index (χ0n) is 3.31. The molecule has 4 radical (unpaired) electrons. The average molecular weight is 466 g/mol. The molecule has 0 nitrogen and oxygen atoms in total. The zero-order chi connectivity index (χ0) is 4.24. The second kappa shape index (κ2) is 3.34. The SMILES string of the molecule is [CH]1=[CH][Pb][CH]=[CH][Pb]1. The summed E-state index contributed by atoms with van der Waals surface area (Å²) in [5, 5.41) is 0. The second-order valence-corrected chi connectivity index (χ2v) is 8.77. The number of hydrogen-bond donors (Lipinski definition) is 0. The van der Waals surface area contributed by atoms with Gasteiger partial charge in [0.25, 0.3) is 0 Å². The van der Waals surface area contributed by atoms with E-state index >= 15 is 0 Å². The van der Waals surface area contributed by atoms with Crippen LogP contribution in [0.2, 0.25) is 0 Å². The van der Waals surface area contributed by atoms with E-state index in [1.165, 1.54) is 0 Å². The molecule has 0 aromatic rings. The Morgan fingerprint density at radius 2 is 1.00 bits per heavy atom. The minimum atomic E-state index is -0.201. The van der Waals surface area contributed by atoms with Crippen molar-refractivity contribution in [2.45, 2.75) is 0 Å². The second-order valence-electron chi connectivity index (χ2n) is 1.00. The van der Waals surface area contributed by atoms with Crippen LogP contribution in [0.1, 0.15) is 0 Å². The van der Waals surface area contributed by atoms with E-state index in [0.717, 1.165) is 0 Å². The van der Waals surface area contributed by atoms with E-state index in [9.17, 15) is 0 Å². The Bertz CT molecular complexity index is 63.5. The molecule has 0 unspecified atom stereocenters. The van der Waals surface area contributed by atoms with Gasteiger partial charge in [0.2, 0.25) is 0 Å². The molecule has 0 fully saturated rings. The first kappa shape index (κ1) is 5.46. The first-order valence-corrected chi connectivity index (χ1v) is 10.8. The summed E-state index contributed by atoms with van der Waals surface area (Å²) in [6.45, 7) is 0. The Morgan fingerprint density at radius 3 is 1.17 bits per heavy atom. The van der Waals surface area contributed by atoms with Gasteiger partial charge in [0.1, 0.15) is 0 Å². The fourth-order valence-corrected chi connectivity index (χ4v) is 15.8. The molecular formula is C4H4Pb2. The maximum atomic E-state index is 2.46. The van der Waals surface area contributed by atoms with Gasteiger partial charge in [-0.2, -0.15) is 0 Å². The molecule has 0 spiro atoms. The van der Waals surface area contributed by atoms with Crippen LogP contribution in [0.4, 0.5) is 0 Å². The van der Waals surface area contributed by atoms with Gasteiger partial charge in [-0.25, -0.2) is 0 Å². The summed E-state index contributed by atoms with van der Waals surface area (Å²) in [5.41, 5.74) is 0. The molecule has 0 saturated carbocycles. The molecule has 0 saturated heterocycles. The van der Waals surface area contributed by atoms with Crippen LogP contribution in [0.15, 0.2) is 14.5 Å². The Hall–Kier alpha value is 1.32.